The van der Waals surface area contributed by atoms with Gasteiger partial charge in [-0.25, -0.2) is 0 Å². The first-order valence-electron chi connectivity index (χ1n) is 9.68. The van der Waals surface area contributed by atoms with Crippen LogP contribution in [0.1, 0.15) is 38.7 Å². The van der Waals surface area contributed by atoms with E-state index in [0.717, 1.165) is 5.56 Å². The van der Waals surface area contributed by atoms with Gasteiger partial charge in [0.25, 0.3) is 0 Å². The van der Waals surface area contributed by atoms with Crippen LogP contribution < -0.4 is 16.8 Å². The molecule has 6 N–H and O–H groups in total. The van der Waals surface area contributed by atoms with Crippen LogP contribution in [0.25, 0.3) is 0 Å². The smallest absolute Gasteiger partial charge is 0.243 e. The summed E-state index contributed by atoms with van der Waals surface area (Å²) >= 11 is 0. The maximum Gasteiger partial charge on any atom is 0.243 e. The highest BCUT2D eigenvalue weighted by Gasteiger charge is 2.37. The van der Waals surface area contributed by atoms with Crippen molar-refractivity contribution >= 4 is 17.7 Å². The molecule has 1 aromatic rings. The van der Waals surface area contributed by atoms with Crippen LogP contribution >= 0.6 is 0 Å². The van der Waals surface area contributed by atoms with E-state index in [2.05, 4.69) is 5.32 Å². The molecule has 8 heteroatoms. The zero-order chi connectivity index (χ0) is 20.8. The highest BCUT2D eigenvalue weighted by atomic mass is 16.3. The summed E-state index contributed by atoms with van der Waals surface area (Å²) in [4.78, 5) is 38.7. The van der Waals surface area contributed by atoms with Gasteiger partial charge < -0.3 is 26.8 Å². The quantitative estimate of drug-likeness (QED) is 0.505. The Hall–Kier alpha value is -2.61. The monoisotopic (exact) mass is 390 g/mol. The van der Waals surface area contributed by atoms with Crippen LogP contribution in [0.4, 0.5) is 0 Å². The molecular weight excluding hydrogens is 360 g/mol. The molecule has 1 aliphatic heterocycles. The maximum absolute atomic E-state index is 12.8. The minimum atomic E-state index is -0.792. The van der Waals surface area contributed by atoms with Gasteiger partial charge in [0.05, 0.1) is 6.04 Å². The van der Waals surface area contributed by atoms with Gasteiger partial charge in [-0.2, -0.15) is 0 Å². The van der Waals surface area contributed by atoms with Gasteiger partial charge in [0.2, 0.25) is 17.7 Å². The van der Waals surface area contributed by atoms with Crippen molar-refractivity contribution < 1.29 is 19.5 Å². The number of nitrogens with one attached hydrogen (secondary N) is 1. The molecular formula is C20H30N4O4. The van der Waals surface area contributed by atoms with Gasteiger partial charge in [-0.3, -0.25) is 14.4 Å². The number of phenolic OH excluding ortho intramolecular Hbond substituents is 1. The summed E-state index contributed by atoms with van der Waals surface area (Å²) in [6.45, 7) is 4.21. The molecule has 3 amide bonds. The van der Waals surface area contributed by atoms with E-state index in [1.807, 2.05) is 13.8 Å². The van der Waals surface area contributed by atoms with Crippen LogP contribution in [0.2, 0.25) is 0 Å². The van der Waals surface area contributed by atoms with Crippen LogP contribution in [-0.4, -0.2) is 52.4 Å². The highest BCUT2D eigenvalue weighted by molar-refractivity contribution is 5.93. The third-order valence-corrected chi connectivity index (χ3v) is 5.36. The van der Waals surface area contributed by atoms with E-state index in [0.29, 0.717) is 32.2 Å². The molecule has 0 saturated carbocycles. The SMILES string of the molecule is CCC(C)C(NC(=O)C1CCCN1C(=O)[C@@H](N)Cc1ccc(O)cc1)C(N)=O. The molecule has 0 aliphatic carbocycles. The second-order valence-corrected chi connectivity index (χ2v) is 7.44. The number of nitrogens with two attached hydrogens (primary N) is 2. The molecule has 1 aromatic carbocycles. The lowest BCUT2D eigenvalue weighted by Crippen LogP contribution is -2.56. The molecule has 3 unspecified atom stereocenters. The average molecular weight is 390 g/mol. The molecule has 8 nitrogen and oxygen atoms in total. The van der Waals surface area contributed by atoms with Crippen molar-refractivity contribution in [2.45, 2.75) is 57.7 Å². The summed E-state index contributed by atoms with van der Waals surface area (Å²) in [7, 11) is 0. The average Bonchev–Trinajstić information content (AvgIpc) is 3.16. The van der Waals surface area contributed by atoms with Crippen LogP contribution in [0, 0.1) is 5.92 Å². The molecule has 0 radical (unpaired) electrons. The number of carbonyl (C=O) groups excluding carboxylic acids is 3. The predicted molar refractivity (Wildman–Crippen MR) is 105 cm³/mol. The molecule has 0 bridgehead atoms. The molecule has 4 atom stereocenters. The molecule has 0 spiro atoms. The topological polar surface area (TPSA) is 139 Å². The molecule has 1 saturated heterocycles. The molecule has 154 valence electrons. The molecule has 1 heterocycles. The molecule has 2 rings (SSSR count). The number of amides is 3. The van der Waals surface area contributed by atoms with E-state index in [1.54, 1.807) is 12.1 Å². The van der Waals surface area contributed by atoms with Crippen LogP contribution in [-0.2, 0) is 20.8 Å². The summed E-state index contributed by atoms with van der Waals surface area (Å²) in [5.41, 5.74) is 12.3. The first-order valence-corrected chi connectivity index (χ1v) is 9.68. The van der Waals surface area contributed by atoms with E-state index in [-0.39, 0.29) is 23.5 Å². The highest BCUT2D eigenvalue weighted by Crippen LogP contribution is 2.20. The number of carbonyl (C=O) groups is 3. The summed E-state index contributed by atoms with van der Waals surface area (Å²) in [6, 6.07) is 4.29. The van der Waals surface area contributed by atoms with Crippen molar-refractivity contribution in [3.63, 3.8) is 0 Å². The van der Waals surface area contributed by atoms with Crippen molar-refractivity contribution in [1.29, 1.82) is 0 Å². The first-order chi connectivity index (χ1) is 13.2. The van der Waals surface area contributed by atoms with E-state index >= 15 is 0 Å². The van der Waals surface area contributed by atoms with Crippen molar-refractivity contribution in [3.05, 3.63) is 29.8 Å². The number of rotatable bonds is 8. The Balaban J connectivity index is 2.03. The number of likely N-dealkylation sites (tertiary alicyclic amines) is 1. The summed E-state index contributed by atoms with van der Waals surface area (Å²) in [6.07, 6.45) is 2.22. The van der Waals surface area contributed by atoms with E-state index in [9.17, 15) is 19.5 Å². The Kier molecular flexibility index (Phi) is 7.39. The zero-order valence-corrected chi connectivity index (χ0v) is 16.4. The number of hydrogen-bond donors (Lipinski definition) is 4. The standard InChI is InChI=1S/C20H30N4O4/c1-3-12(2)17(18(22)26)23-19(27)16-5-4-10-24(16)20(28)15(21)11-13-6-8-14(25)9-7-13/h6-9,12,15-17,25H,3-5,10-11,21H2,1-2H3,(H2,22,26)(H,23,27)/t12?,15-,16?,17?/m0/s1. The fraction of sp³-hybridized carbons (Fsp3) is 0.550. The van der Waals surface area contributed by atoms with Gasteiger partial charge in [0.1, 0.15) is 17.8 Å². The fourth-order valence-electron chi connectivity index (χ4n) is 3.47. The van der Waals surface area contributed by atoms with Gasteiger partial charge in [0.15, 0.2) is 0 Å². The van der Waals surface area contributed by atoms with Crippen LogP contribution in [0.15, 0.2) is 24.3 Å². The normalized spacial score (nSPS) is 19.7. The first kappa shape index (κ1) is 21.7. The number of benzene rings is 1. The molecule has 1 aliphatic rings. The third-order valence-electron chi connectivity index (χ3n) is 5.36. The van der Waals surface area contributed by atoms with Crippen molar-refractivity contribution in [3.8, 4) is 5.75 Å². The van der Waals surface area contributed by atoms with Crippen molar-refractivity contribution in [2.75, 3.05) is 6.54 Å². The molecule has 1 fully saturated rings. The Morgan fingerprint density at radius 2 is 1.93 bits per heavy atom. The fourth-order valence-corrected chi connectivity index (χ4v) is 3.47. The van der Waals surface area contributed by atoms with Gasteiger partial charge in [-0.05, 0) is 42.9 Å². The van der Waals surface area contributed by atoms with Crippen LogP contribution in [0.5, 0.6) is 5.75 Å². The van der Waals surface area contributed by atoms with Crippen LogP contribution in [0.3, 0.4) is 0 Å². The maximum atomic E-state index is 12.8. The lowest BCUT2D eigenvalue weighted by Gasteiger charge is -2.29. The van der Waals surface area contributed by atoms with Crippen molar-refractivity contribution in [2.24, 2.45) is 17.4 Å². The van der Waals surface area contributed by atoms with Gasteiger partial charge in [0, 0.05) is 6.54 Å². The Morgan fingerprint density at radius 1 is 1.29 bits per heavy atom. The Labute approximate surface area is 165 Å². The lowest BCUT2D eigenvalue weighted by atomic mass is 9.98. The van der Waals surface area contributed by atoms with Gasteiger partial charge in [-0.15, -0.1) is 0 Å². The second kappa shape index (κ2) is 9.54. The number of aromatic hydroxyl groups is 1. The van der Waals surface area contributed by atoms with Crippen molar-refractivity contribution in [1.82, 2.24) is 10.2 Å². The Morgan fingerprint density at radius 3 is 2.50 bits per heavy atom. The van der Waals surface area contributed by atoms with E-state index in [4.69, 9.17) is 11.5 Å². The number of primary amides is 1. The van der Waals surface area contributed by atoms with Gasteiger partial charge in [-0.1, -0.05) is 32.4 Å². The summed E-state index contributed by atoms with van der Waals surface area (Å²) in [5.74, 6) is -1.20. The van der Waals surface area contributed by atoms with Gasteiger partial charge >= 0.3 is 0 Å². The molecule has 0 aromatic heterocycles. The Bertz CT molecular complexity index is 707. The predicted octanol–water partition coefficient (Wildman–Crippen LogP) is 0.269. The third kappa shape index (κ3) is 5.22. The number of hydrogen-bond acceptors (Lipinski definition) is 5. The minimum Gasteiger partial charge on any atom is -0.508 e. The minimum absolute atomic E-state index is 0.0937. The van der Waals surface area contributed by atoms with E-state index < -0.39 is 24.0 Å². The zero-order valence-electron chi connectivity index (χ0n) is 16.4. The molecule has 28 heavy (non-hydrogen) atoms. The summed E-state index contributed by atoms with van der Waals surface area (Å²) in [5, 5.41) is 12.1. The number of nitrogens with zero attached hydrogens (tertiary/aromatic N) is 1. The lowest BCUT2D eigenvalue weighted by molar-refractivity contribution is -0.140. The largest absolute Gasteiger partial charge is 0.508 e. The van der Waals surface area contributed by atoms with E-state index in [1.165, 1.54) is 17.0 Å². The summed E-state index contributed by atoms with van der Waals surface area (Å²) < 4.78 is 0. The second-order valence-electron chi connectivity index (χ2n) is 7.44. The number of phenols is 1.